The molecule has 1 fully saturated rings. The number of imide groups is 1. The maximum Gasteiger partial charge on any atom is 0.271 e. The van der Waals surface area contributed by atoms with Crippen LogP contribution in [0.1, 0.15) is 58.9 Å². The van der Waals surface area contributed by atoms with Gasteiger partial charge in [0.1, 0.15) is 0 Å². The number of methoxy groups -OCH3 is 1. The van der Waals surface area contributed by atoms with Gasteiger partial charge in [-0.2, -0.15) is 0 Å². The molecule has 11 nitrogen and oxygen atoms in total. The molecule has 1 heterocycles. The van der Waals surface area contributed by atoms with Gasteiger partial charge >= 0.3 is 0 Å². The summed E-state index contributed by atoms with van der Waals surface area (Å²) in [5, 5.41) is 47.3. The van der Waals surface area contributed by atoms with Gasteiger partial charge in [-0.3, -0.25) is 19.7 Å². The van der Waals surface area contributed by atoms with Crippen LogP contribution in [-0.4, -0.2) is 66.8 Å². The van der Waals surface area contributed by atoms with Gasteiger partial charge in [0.15, 0.2) is 11.5 Å². The van der Waals surface area contributed by atoms with Crippen molar-refractivity contribution in [1.82, 2.24) is 0 Å². The summed E-state index contributed by atoms with van der Waals surface area (Å²) in [4.78, 5) is 40.8. The highest BCUT2D eigenvalue weighted by Crippen LogP contribution is 2.48. The van der Waals surface area contributed by atoms with E-state index in [4.69, 9.17) is 9.16 Å². The van der Waals surface area contributed by atoms with Crippen molar-refractivity contribution < 1.29 is 39.0 Å². The monoisotopic (exact) mass is 930 g/mol. The van der Waals surface area contributed by atoms with E-state index in [2.05, 4.69) is 67.6 Å². The number of phenols is 1. The molecule has 2 aliphatic rings. The summed E-state index contributed by atoms with van der Waals surface area (Å²) >= 11 is 2.05. The summed E-state index contributed by atoms with van der Waals surface area (Å²) in [7, 11) is -1.63. The number of carbonyl (C=O) groups excluding carboxylic acids is 2. The van der Waals surface area contributed by atoms with Gasteiger partial charge in [-0.1, -0.05) is 106 Å². The number of rotatable bonds is 15. The minimum atomic E-state index is -3.12. The first-order chi connectivity index (χ1) is 28.2. The van der Waals surface area contributed by atoms with Crippen LogP contribution in [0.25, 0.3) is 6.08 Å². The first kappa shape index (κ1) is 43.9. The molecule has 13 heteroatoms. The number of carbonyl (C=O) groups is 2. The van der Waals surface area contributed by atoms with Crippen molar-refractivity contribution in [3.63, 3.8) is 0 Å². The highest BCUT2D eigenvalue weighted by Gasteiger charge is 2.56. The Morgan fingerprint density at radius 2 is 1.64 bits per heavy atom. The molecule has 1 aliphatic heterocycles. The molecular weight excluding hydrogens is 880 g/mol. The second kappa shape index (κ2) is 18.3. The predicted octanol–water partition coefficient (Wildman–Crippen LogP) is 7.54. The van der Waals surface area contributed by atoms with Crippen molar-refractivity contribution in [2.75, 3.05) is 25.2 Å². The maximum absolute atomic E-state index is 14.4. The van der Waals surface area contributed by atoms with Crippen LogP contribution in [0.4, 0.5) is 11.4 Å². The van der Waals surface area contributed by atoms with E-state index in [1.54, 1.807) is 6.07 Å². The van der Waals surface area contributed by atoms with Crippen LogP contribution in [0.15, 0.2) is 114 Å². The Hall–Kier alpha value is -4.67. The lowest BCUT2D eigenvalue weighted by molar-refractivity contribution is -0.384. The third-order valence-corrected chi connectivity index (χ3v) is 17.6. The van der Waals surface area contributed by atoms with Crippen LogP contribution >= 0.6 is 22.6 Å². The van der Waals surface area contributed by atoms with E-state index in [-0.39, 0.29) is 41.6 Å². The van der Waals surface area contributed by atoms with Gasteiger partial charge in [-0.25, -0.2) is 4.90 Å². The molecule has 0 spiro atoms. The zero-order valence-electron chi connectivity index (χ0n) is 33.9. The number of allylic oxidation sites excluding steroid dienone is 1. The predicted molar refractivity (Wildman–Crippen MR) is 239 cm³/mol. The minimum absolute atomic E-state index is 0.0416. The summed E-state index contributed by atoms with van der Waals surface area (Å²) in [5.41, 5.74) is 2.84. The summed E-state index contributed by atoms with van der Waals surface area (Å²) in [6.07, 6.45) is 2.41. The summed E-state index contributed by atoms with van der Waals surface area (Å²) in [6.45, 7) is 8.04. The Kier molecular flexibility index (Phi) is 13.6. The number of benzene rings is 4. The molecule has 0 unspecified atom stereocenters. The summed E-state index contributed by atoms with van der Waals surface area (Å²) in [5.74, 6) is -3.46. The Morgan fingerprint density at radius 1 is 1.00 bits per heavy atom. The highest BCUT2D eigenvalue weighted by atomic mass is 127. The lowest BCUT2D eigenvalue weighted by atomic mass is 9.68. The normalized spacial score (nSPS) is 19.2. The number of nitro benzene ring substituents is 1. The zero-order valence-corrected chi connectivity index (χ0v) is 37.1. The molecule has 59 heavy (non-hydrogen) atoms. The van der Waals surface area contributed by atoms with Gasteiger partial charge in [0.05, 0.1) is 52.4 Å². The molecule has 3 N–H and O–H groups in total. The molecule has 1 saturated heterocycles. The van der Waals surface area contributed by atoms with Gasteiger partial charge in [0, 0.05) is 18.1 Å². The number of ether oxygens (including phenoxy) is 1. The molecule has 0 bridgehead atoms. The minimum Gasteiger partial charge on any atom is -0.504 e. The molecule has 4 atom stereocenters. The van der Waals surface area contributed by atoms with Gasteiger partial charge in [0.25, 0.3) is 14.0 Å². The molecule has 1 aliphatic carbocycles. The van der Waals surface area contributed by atoms with Gasteiger partial charge in [0.2, 0.25) is 11.8 Å². The number of non-ortho nitro benzene ring substituents is 1. The number of aromatic hydroxyl groups is 1. The van der Waals surface area contributed by atoms with Crippen molar-refractivity contribution in [3.8, 4) is 11.5 Å². The molecule has 4 aromatic carbocycles. The molecule has 4 aromatic rings. The van der Waals surface area contributed by atoms with Crippen molar-refractivity contribution >= 4 is 70.5 Å². The fraction of sp³-hybridized carbons (Fsp3) is 0.348. The molecule has 6 rings (SSSR count). The number of hydrogen-bond donors (Lipinski definition) is 3. The number of aliphatic hydroxyl groups excluding tert-OH is 2. The van der Waals surface area contributed by atoms with E-state index >= 15 is 0 Å². The van der Waals surface area contributed by atoms with E-state index in [9.17, 15) is 35.0 Å². The fourth-order valence-corrected chi connectivity index (χ4v) is 14.1. The smallest absolute Gasteiger partial charge is 0.271 e. The second-order valence-corrected chi connectivity index (χ2v) is 21.7. The Morgan fingerprint density at radius 3 is 2.20 bits per heavy atom. The van der Waals surface area contributed by atoms with Crippen molar-refractivity contribution in [2.45, 2.75) is 64.5 Å². The standard InChI is InChI=1S/C46H51IN2O9Si/c1-6-29(22-30-23-38(47)43(52)40(24-30)57-5)20-21-39(51)41-31(28-58-59(46(2,3)4,34-16-9-7-10-17-34)35-18-11-8-12-19-35)25-36-42(37(41)27-50)45(54)48(44(36)53)32-14-13-15-33(26-32)49(55)56/h7-19,22-24,26,36-37,39,42,50-52H,6,20-21,25,27-28H2,1-5H3/b29-22+/t36-,37+,39-,42-/m1/s1. The number of hydrogen-bond acceptors (Lipinski definition) is 9. The molecule has 0 radical (unpaired) electrons. The molecule has 310 valence electrons. The first-order valence-electron chi connectivity index (χ1n) is 19.8. The third kappa shape index (κ3) is 8.67. The number of halogens is 1. The van der Waals surface area contributed by atoms with Gasteiger partial charge in [-0.15, -0.1) is 0 Å². The lowest BCUT2D eigenvalue weighted by Crippen LogP contribution is -2.66. The summed E-state index contributed by atoms with van der Waals surface area (Å²) in [6, 6.07) is 29.3. The molecular formula is C46H51IN2O9Si. The largest absolute Gasteiger partial charge is 0.504 e. The number of amides is 2. The zero-order chi connectivity index (χ0) is 42.6. The average Bonchev–Trinajstić information content (AvgIpc) is 3.48. The number of phenolic OH excluding ortho intramolecular Hbond substituents is 1. The highest BCUT2D eigenvalue weighted by molar-refractivity contribution is 14.1. The topological polar surface area (TPSA) is 160 Å². The number of aliphatic hydroxyl groups is 2. The summed E-state index contributed by atoms with van der Waals surface area (Å²) < 4.78 is 13.4. The van der Waals surface area contributed by atoms with Gasteiger partial charge in [-0.05, 0) is 98.6 Å². The number of anilines is 1. The average molecular weight is 931 g/mol. The van der Waals surface area contributed by atoms with Crippen LogP contribution in [0.3, 0.4) is 0 Å². The molecule has 2 amide bonds. The Bertz CT molecular complexity index is 2220. The van der Waals surface area contributed by atoms with Crippen LogP contribution in [-0.2, 0) is 14.0 Å². The van der Waals surface area contributed by atoms with E-state index in [0.29, 0.717) is 33.3 Å². The third-order valence-electron chi connectivity index (χ3n) is 11.8. The number of nitrogens with zero attached hydrogens (tertiary/aromatic N) is 2. The fourth-order valence-electron chi connectivity index (χ4n) is 8.95. The van der Waals surface area contributed by atoms with E-state index in [1.165, 1.54) is 31.4 Å². The van der Waals surface area contributed by atoms with Crippen LogP contribution in [0.5, 0.6) is 11.5 Å². The van der Waals surface area contributed by atoms with E-state index < -0.39 is 55.5 Å². The first-order valence-corrected chi connectivity index (χ1v) is 22.8. The quantitative estimate of drug-likeness (QED) is 0.0274. The number of nitro groups is 1. The number of fused-ring (bicyclic) bond motifs is 1. The van der Waals surface area contributed by atoms with Crippen molar-refractivity contribution in [2.24, 2.45) is 17.8 Å². The van der Waals surface area contributed by atoms with Crippen molar-refractivity contribution in [3.05, 3.63) is 133 Å². The van der Waals surface area contributed by atoms with Gasteiger partial charge < -0.3 is 24.5 Å². The Labute approximate surface area is 359 Å². The SMILES string of the molecule is CC/C(=C\c1cc(I)c(O)c(OC)c1)CC[C@@H](O)C1=C(CO[Si](c2ccccc2)(c2ccccc2)C(C)(C)C)C[C@H]2C(=O)N(c3cccc([N+](=O)[O-])c3)C(=O)[C@H]2[C@H]1CO. The van der Waals surface area contributed by atoms with E-state index in [1.807, 2.05) is 55.5 Å². The van der Waals surface area contributed by atoms with Crippen molar-refractivity contribution in [1.29, 1.82) is 0 Å². The lowest BCUT2D eigenvalue weighted by Gasteiger charge is -2.44. The van der Waals surface area contributed by atoms with Crippen LogP contribution in [0, 0.1) is 31.4 Å². The molecule has 0 aromatic heterocycles. The van der Waals surface area contributed by atoms with Crippen LogP contribution < -0.4 is 20.0 Å². The van der Waals surface area contributed by atoms with Crippen LogP contribution in [0.2, 0.25) is 5.04 Å². The second-order valence-electron chi connectivity index (χ2n) is 16.2. The Balaban J connectivity index is 1.43. The maximum atomic E-state index is 14.4. The molecule has 0 saturated carbocycles. The van der Waals surface area contributed by atoms with E-state index in [0.717, 1.165) is 26.4 Å².